The van der Waals surface area contributed by atoms with Gasteiger partial charge in [-0.25, -0.2) is 4.98 Å². The highest BCUT2D eigenvalue weighted by Crippen LogP contribution is 2.32. The molecule has 3 rings (SSSR count). The van der Waals surface area contributed by atoms with Gasteiger partial charge in [0.25, 0.3) is 0 Å². The molecule has 0 aliphatic heterocycles. The maximum Gasteiger partial charge on any atom is 0.161 e. The number of carbonyl (C=O) groups excluding carboxylic acids is 1. The number of carbonyl (C=O) groups is 1. The van der Waals surface area contributed by atoms with Crippen molar-refractivity contribution in [1.82, 2.24) is 9.97 Å². The predicted octanol–water partition coefficient (Wildman–Crippen LogP) is 4.93. The van der Waals surface area contributed by atoms with Crippen LogP contribution in [0.2, 0.25) is 0 Å². The van der Waals surface area contributed by atoms with Gasteiger partial charge in [-0.2, -0.15) is 0 Å². The molecule has 0 radical (unpaired) electrons. The number of ketones is 1. The zero-order valence-electron chi connectivity index (χ0n) is 13.2. The number of hydrogen-bond acceptors (Lipinski definition) is 3. The van der Waals surface area contributed by atoms with Crippen molar-refractivity contribution < 1.29 is 4.79 Å². The third-order valence-corrected chi connectivity index (χ3v) is 4.71. The highest BCUT2D eigenvalue weighted by Gasteiger charge is 2.18. The van der Waals surface area contributed by atoms with Gasteiger partial charge in [-0.15, -0.1) is 11.3 Å². The number of thiazole rings is 1. The van der Waals surface area contributed by atoms with Crippen LogP contribution in [0.25, 0.3) is 22.0 Å². The molecule has 0 unspecified atom stereocenters. The molecule has 0 saturated heterocycles. The molecule has 1 N–H and O–H groups in total. The number of Topliss-reactive ketones (excluding diaryl/α,β-unsaturated/α-hetero) is 1. The third kappa shape index (κ3) is 2.50. The van der Waals surface area contributed by atoms with E-state index in [1.807, 2.05) is 25.3 Å². The zero-order chi connectivity index (χ0) is 15.9. The average molecular weight is 310 g/mol. The van der Waals surface area contributed by atoms with Gasteiger partial charge in [0, 0.05) is 22.2 Å². The van der Waals surface area contributed by atoms with E-state index in [-0.39, 0.29) is 5.78 Å². The molecule has 0 bridgehead atoms. The number of rotatable bonds is 3. The molecule has 0 saturated carbocycles. The first-order valence-corrected chi connectivity index (χ1v) is 8.08. The molecule has 0 aliphatic carbocycles. The van der Waals surface area contributed by atoms with E-state index >= 15 is 0 Å². The summed E-state index contributed by atoms with van der Waals surface area (Å²) in [7, 11) is 0. The van der Waals surface area contributed by atoms with E-state index in [1.165, 1.54) is 5.56 Å². The summed E-state index contributed by atoms with van der Waals surface area (Å²) in [5.74, 6) is 0.0895. The molecule has 0 spiro atoms. The first-order chi connectivity index (χ1) is 10.5. The quantitative estimate of drug-likeness (QED) is 0.697. The van der Waals surface area contributed by atoms with Crippen LogP contribution in [-0.4, -0.2) is 15.8 Å². The van der Waals surface area contributed by atoms with Gasteiger partial charge in [0.2, 0.25) is 0 Å². The molecule has 22 heavy (non-hydrogen) atoms. The van der Waals surface area contributed by atoms with Gasteiger partial charge in [0.15, 0.2) is 5.78 Å². The minimum atomic E-state index is 0.0895. The van der Waals surface area contributed by atoms with Crippen molar-refractivity contribution in [2.75, 3.05) is 0 Å². The number of nitrogens with one attached hydrogen (secondary N) is 1. The number of hydrogen-bond donors (Lipinski definition) is 1. The summed E-state index contributed by atoms with van der Waals surface area (Å²) in [6, 6.07) is 8.33. The Morgan fingerprint density at radius 2 is 2.00 bits per heavy atom. The Kier molecular flexibility index (Phi) is 3.71. The van der Waals surface area contributed by atoms with Gasteiger partial charge >= 0.3 is 0 Å². The van der Waals surface area contributed by atoms with Crippen LogP contribution in [0.5, 0.6) is 0 Å². The minimum absolute atomic E-state index is 0.0895. The van der Waals surface area contributed by atoms with Crippen LogP contribution < -0.4 is 0 Å². The highest BCUT2D eigenvalue weighted by molar-refractivity contribution is 7.13. The van der Waals surface area contributed by atoms with E-state index in [0.29, 0.717) is 0 Å². The van der Waals surface area contributed by atoms with Crippen molar-refractivity contribution in [1.29, 1.82) is 0 Å². The van der Waals surface area contributed by atoms with Gasteiger partial charge in [-0.3, -0.25) is 4.79 Å². The number of aryl methyl sites for hydroxylation is 2. The van der Waals surface area contributed by atoms with Crippen LogP contribution >= 0.6 is 11.3 Å². The molecule has 0 aliphatic rings. The van der Waals surface area contributed by atoms with Crippen molar-refractivity contribution >= 4 is 17.1 Å². The molecule has 0 atom stereocenters. The van der Waals surface area contributed by atoms with Gasteiger partial charge in [0.05, 0.1) is 11.4 Å². The second-order valence-corrected chi connectivity index (χ2v) is 6.45. The average Bonchev–Trinajstić information content (AvgIpc) is 3.03. The highest BCUT2D eigenvalue weighted by atomic mass is 32.1. The van der Waals surface area contributed by atoms with Crippen LogP contribution in [-0.2, 0) is 0 Å². The Balaban J connectivity index is 2.05. The third-order valence-electron chi connectivity index (χ3n) is 3.81. The molecule has 2 heterocycles. The van der Waals surface area contributed by atoms with Crippen molar-refractivity contribution in [2.24, 2.45) is 0 Å². The van der Waals surface area contributed by atoms with E-state index in [4.69, 9.17) is 4.98 Å². The Hall–Kier alpha value is -2.20. The fourth-order valence-electron chi connectivity index (χ4n) is 2.83. The number of benzene rings is 1. The molecular formula is C18H18N2OS. The van der Waals surface area contributed by atoms with Crippen LogP contribution in [0.4, 0.5) is 0 Å². The maximum atomic E-state index is 11.8. The van der Waals surface area contributed by atoms with E-state index < -0.39 is 0 Å². The van der Waals surface area contributed by atoms with Crippen LogP contribution in [0.15, 0.2) is 29.6 Å². The molecule has 3 aromatic rings. The van der Waals surface area contributed by atoms with Gasteiger partial charge < -0.3 is 4.98 Å². The second-order valence-electron chi connectivity index (χ2n) is 5.59. The molecule has 3 nitrogen and oxygen atoms in total. The molecule has 1 aromatic carbocycles. The summed E-state index contributed by atoms with van der Waals surface area (Å²) in [4.78, 5) is 19.8. The number of aromatic amines is 1. The lowest BCUT2D eigenvalue weighted by molar-refractivity contribution is 0.101. The molecule has 0 fully saturated rings. The fraction of sp³-hybridized carbons (Fsp3) is 0.222. The number of H-pyrrole nitrogens is 1. The van der Waals surface area contributed by atoms with Crippen molar-refractivity contribution in [3.63, 3.8) is 0 Å². The monoisotopic (exact) mass is 310 g/mol. The van der Waals surface area contributed by atoms with E-state index in [1.54, 1.807) is 18.3 Å². The Labute approximate surface area is 134 Å². The second kappa shape index (κ2) is 5.54. The smallest absolute Gasteiger partial charge is 0.161 e. The van der Waals surface area contributed by atoms with Crippen LogP contribution in [0.3, 0.4) is 0 Å². The van der Waals surface area contributed by atoms with E-state index in [9.17, 15) is 4.79 Å². The zero-order valence-corrected chi connectivity index (χ0v) is 14.0. The van der Waals surface area contributed by atoms with Crippen LogP contribution in [0.1, 0.15) is 34.1 Å². The summed E-state index contributed by atoms with van der Waals surface area (Å²) < 4.78 is 0. The fourth-order valence-corrected chi connectivity index (χ4v) is 3.64. The lowest BCUT2D eigenvalue weighted by Gasteiger charge is -1.98. The lowest BCUT2D eigenvalue weighted by Crippen LogP contribution is -1.94. The summed E-state index contributed by atoms with van der Waals surface area (Å²) in [6.45, 7) is 7.59. The largest absolute Gasteiger partial charge is 0.356 e. The SMILES string of the molecule is CC(=O)c1c(C)[nH]c(-c2csc(-c3cccc(C)c3)n2)c1C. The Morgan fingerprint density at radius 3 is 2.64 bits per heavy atom. The first kappa shape index (κ1) is 14.7. The molecule has 2 aromatic heterocycles. The van der Waals surface area contributed by atoms with Gasteiger partial charge in [0.1, 0.15) is 5.01 Å². The molecule has 4 heteroatoms. The summed E-state index contributed by atoms with van der Waals surface area (Å²) in [6.07, 6.45) is 0. The maximum absolute atomic E-state index is 11.8. The van der Waals surface area contributed by atoms with E-state index in [2.05, 4.69) is 30.1 Å². The van der Waals surface area contributed by atoms with Crippen molar-refractivity contribution in [3.8, 4) is 22.0 Å². The molecular weight excluding hydrogens is 292 g/mol. The summed E-state index contributed by atoms with van der Waals surface area (Å²) >= 11 is 1.62. The van der Waals surface area contributed by atoms with E-state index in [0.717, 1.165) is 38.8 Å². The normalized spacial score (nSPS) is 10.9. The Morgan fingerprint density at radius 1 is 1.23 bits per heavy atom. The minimum Gasteiger partial charge on any atom is -0.356 e. The Bertz CT molecular complexity index is 858. The van der Waals surface area contributed by atoms with Crippen molar-refractivity contribution in [2.45, 2.75) is 27.7 Å². The predicted molar refractivity (Wildman–Crippen MR) is 91.6 cm³/mol. The molecule has 112 valence electrons. The number of nitrogens with zero attached hydrogens (tertiary/aromatic N) is 1. The summed E-state index contributed by atoms with van der Waals surface area (Å²) in [5.41, 5.74) is 6.85. The number of aromatic nitrogens is 2. The van der Waals surface area contributed by atoms with Gasteiger partial charge in [-0.1, -0.05) is 23.8 Å². The lowest BCUT2D eigenvalue weighted by atomic mass is 10.1. The topological polar surface area (TPSA) is 45.8 Å². The van der Waals surface area contributed by atoms with Crippen LogP contribution in [0, 0.1) is 20.8 Å². The molecule has 0 amide bonds. The standard InChI is InChI=1S/C18H18N2OS/c1-10-6-5-7-14(8-10)18-20-15(9-22-18)17-11(2)16(13(4)21)12(3)19-17/h5-9,19H,1-4H3. The summed E-state index contributed by atoms with van der Waals surface area (Å²) in [5, 5.41) is 3.04. The first-order valence-electron chi connectivity index (χ1n) is 7.20. The van der Waals surface area contributed by atoms with Gasteiger partial charge in [-0.05, 0) is 39.3 Å². The van der Waals surface area contributed by atoms with Crippen molar-refractivity contribution in [3.05, 3.63) is 52.0 Å².